The van der Waals surface area contributed by atoms with Crippen molar-refractivity contribution in [2.24, 2.45) is 0 Å². The van der Waals surface area contributed by atoms with E-state index in [-0.39, 0.29) is 18.7 Å². The average molecular weight is 257 g/mol. The molecule has 1 aliphatic rings. The van der Waals surface area contributed by atoms with Crippen LogP contribution in [0.2, 0.25) is 0 Å². The van der Waals surface area contributed by atoms with Gasteiger partial charge in [-0.05, 0) is 33.6 Å². The summed E-state index contributed by atoms with van der Waals surface area (Å²) in [5, 5.41) is 11.9. The number of aliphatic hydroxyl groups is 1. The highest BCUT2D eigenvalue weighted by Gasteiger charge is 2.30. The number of amides is 2. The number of urea groups is 1. The molecule has 2 N–H and O–H groups in total. The lowest BCUT2D eigenvalue weighted by atomic mass is 10.3. The van der Waals surface area contributed by atoms with Crippen molar-refractivity contribution in [3.05, 3.63) is 0 Å². The predicted molar refractivity (Wildman–Crippen MR) is 72.6 cm³/mol. The van der Waals surface area contributed by atoms with Crippen LogP contribution in [-0.4, -0.2) is 65.8 Å². The molecular formula is C13H27N3O2. The van der Waals surface area contributed by atoms with Gasteiger partial charge in [-0.25, -0.2) is 4.79 Å². The first-order chi connectivity index (χ1) is 8.47. The maximum atomic E-state index is 11.8. The maximum absolute atomic E-state index is 11.8. The molecule has 106 valence electrons. The van der Waals surface area contributed by atoms with Gasteiger partial charge in [0, 0.05) is 32.2 Å². The van der Waals surface area contributed by atoms with E-state index < -0.39 is 0 Å². The van der Waals surface area contributed by atoms with Gasteiger partial charge in [0.25, 0.3) is 0 Å². The van der Waals surface area contributed by atoms with E-state index >= 15 is 0 Å². The molecule has 0 aromatic heterocycles. The van der Waals surface area contributed by atoms with Crippen molar-refractivity contribution >= 4 is 6.03 Å². The zero-order valence-electron chi connectivity index (χ0n) is 12.0. The summed E-state index contributed by atoms with van der Waals surface area (Å²) in [5.41, 5.74) is 0. The van der Waals surface area contributed by atoms with Gasteiger partial charge < -0.3 is 15.3 Å². The van der Waals surface area contributed by atoms with E-state index in [1.807, 2.05) is 6.92 Å². The van der Waals surface area contributed by atoms with E-state index in [0.717, 1.165) is 12.6 Å². The lowest BCUT2D eigenvalue weighted by Crippen LogP contribution is -2.46. The van der Waals surface area contributed by atoms with Crippen LogP contribution in [-0.2, 0) is 0 Å². The Morgan fingerprint density at radius 1 is 1.39 bits per heavy atom. The van der Waals surface area contributed by atoms with Crippen LogP contribution >= 0.6 is 0 Å². The number of nitrogens with one attached hydrogen (secondary N) is 1. The number of aliphatic hydroxyl groups excluding tert-OH is 1. The third-order valence-electron chi connectivity index (χ3n) is 3.57. The highest BCUT2D eigenvalue weighted by molar-refractivity contribution is 5.74. The van der Waals surface area contributed by atoms with Crippen molar-refractivity contribution in [2.45, 2.75) is 51.7 Å². The molecule has 2 amide bonds. The minimum Gasteiger partial charge on any atom is -0.394 e. The van der Waals surface area contributed by atoms with E-state index in [4.69, 9.17) is 5.11 Å². The summed E-state index contributed by atoms with van der Waals surface area (Å²) in [6.45, 7) is 7.76. The summed E-state index contributed by atoms with van der Waals surface area (Å²) in [4.78, 5) is 15.7. The second-order valence-corrected chi connectivity index (χ2v) is 5.44. The predicted octanol–water partition coefficient (Wildman–Crippen LogP) is 0.881. The zero-order chi connectivity index (χ0) is 13.7. The molecule has 5 nitrogen and oxygen atoms in total. The highest BCUT2D eigenvalue weighted by atomic mass is 16.3. The van der Waals surface area contributed by atoms with Gasteiger partial charge in [-0.3, -0.25) is 4.90 Å². The minimum atomic E-state index is -0.144. The number of hydrogen-bond acceptors (Lipinski definition) is 3. The molecule has 1 unspecified atom stereocenters. The first kappa shape index (κ1) is 15.2. The molecule has 1 saturated carbocycles. The van der Waals surface area contributed by atoms with Crippen molar-refractivity contribution in [2.75, 3.05) is 26.7 Å². The van der Waals surface area contributed by atoms with E-state index in [1.54, 1.807) is 7.05 Å². The van der Waals surface area contributed by atoms with Crippen LogP contribution in [0.5, 0.6) is 0 Å². The third-order valence-corrected chi connectivity index (χ3v) is 3.57. The topological polar surface area (TPSA) is 55.8 Å². The van der Waals surface area contributed by atoms with Crippen molar-refractivity contribution < 1.29 is 9.90 Å². The summed E-state index contributed by atoms with van der Waals surface area (Å²) in [6.07, 6.45) is 2.57. The molecule has 0 aromatic rings. The van der Waals surface area contributed by atoms with Crippen molar-refractivity contribution in [3.8, 4) is 0 Å². The molecule has 0 radical (unpaired) electrons. The molecule has 0 saturated heterocycles. The maximum Gasteiger partial charge on any atom is 0.317 e. The molecule has 0 spiro atoms. The molecule has 0 aromatic carbocycles. The van der Waals surface area contributed by atoms with Crippen LogP contribution < -0.4 is 5.32 Å². The Morgan fingerprint density at radius 3 is 2.44 bits per heavy atom. The fraction of sp³-hybridized carbons (Fsp3) is 0.923. The van der Waals surface area contributed by atoms with Crippen LogP contribution in [0.3, 0.4) is 0 Å². The summed E-state index contributed by atoms with van der Waals surface area (Å²) in [6, 6.07) is 0.991. The Labute approximate surface area is 110 Å². The molecular weight excluding hydrogens is 230 g/mol. The normalized spacial score (nSPS) is 17.1. The molecule has 0 heterocycles. The number of likely N-dealkylation sites (N-methyl/N-ethyl adjacent to an activating group) is 1. The molecule has 5 heteroatoms. The molecule has 1 rings (SSSR count). The minimum absolute atomic E-state index is 0.00981. The van der Waals surface area contributed by atoms with Gasteiger partial charge in [0.05, 0.1) is 12.6 Å². The SMILES string of the molecule is CC(CO)N(C)C(=O)NCCN(C(C)C)C1CC1. The van der Waals surface area contributed by atoms with E-state index in [0.29, 0.717) is 12.6 Å². The van der Waals surface area contributed by atoms with Crippen molar-refractivity contribution in [1.29, 1.82) is 0 Å². The number of nitrogens with zero attached hydrogens (tertiary/aromatic N) is 2. The lowest BCUT2D eigenvalue weighted by molar-refractivity contribution is 0.154. The lowest BCUT2D eigenvalue weighted by Gasteiger charge is -2.28. The molecule has 18 heavy (non-hydrogen) atoms. The molecule has 0 bridgehead atoms. The molecule has 1 atom stereocenters. The van der Waals surface area contributed by atoms with Crippen LogP contribution in [0.25, 0.3) is 0 Å². The highest BCUT2D eigenvalue weighted by Crippen LogP contribution is 2.27. The summed E-state index contributed by atoms with van der Waals surface area (Å²) in [5.74, 6) is 0. The standard InChI is InChI=1S/C13H27N3O2/c1-10(2)16(12-5-6-12)8-7-14-13(18)15(4)11(3)9-17/h10-12,17H,5-9H2,1-4H3,(H,14,18). The summed E-state index contributed by atoms with van der Waals surface area (Å²) < 4.78 is 0. The Kier molecular flexibility index (Phi) is 5.88. The van der Waals surface area contributed by atoms with Gasteiger partial charge in [-0.1, -0.05) is 0 Å². The second kappa shape index (κ2) is 6.95. The Bertz CT molecular complexity index is 265. The Morgan fingerprint density at radius 2 is 2.00 bits per heavy atom. The zero-order valence-corrected chi connectivity index (χ0v) is 12.0. The van der Waals surface area contributed by atoms with E-state index in [2.05, 4.69) is 24.1 Å². The van der Waals surface area contributed by atoms with Crippen molar-refractivity contribution in [1.82, 2.24) is 15.1 Å². The smallest absolute Gasteiger partial charge is 0.317 e. The van der Waals surface area contributed by atoms with Crippen LogP contribution in [0.1, 0.15) is 33.6 Å². The number of carbonyl (C=O) groups is 1. The van der Waals surface area contributed by atoms with Gasteiger partial charge in [0.1, 0.15) is 0 Å². The first-order valence-corrected chi connectivity index (χ1v) is 6.84. The third kappa shape index (κ3) is 4.46. The Hall–Kier alpha value is -0.810. The average Bonchev–Trinajstić information content (AvgIpc) is 3.15. The van der Waals surface area contributed by atoms with Crippen LogP contribution in [0.15, 0.2) is 0 Å². The molecule has 1 aliphatic carbocycles. The van der Waals surface area contributed by atoms with Gasteiger partial charge in [0.2, 0.25) is 0 Å². The van der Waals surface area contributed by atoms with E-state index in [9.17, 15) is 4.79 Å². The monoisotopic (exact) mass is 257 g/mol. The van der Waals surface area contributed by atoms with Gasteiger partial charge in [-0.2, -0.15) is 0 Å². The fourth-order valence-electron chi connectivity index (χ4n) is 2.01. The van der Waals surface area contributed by atoms with Gasteiger partial charge >= 0.3 is 6.03 Å². The number of hydrogen-bond donors (Lipinski definition) is 2. The summed E-state index contributed by atoms with van der Waals surface area (Å²) >= 11 is 0. The molecule has 0 aliphatic heterocycles. The van der Waals surface area contributed by atoms with E-state index in [1.165, 1.54) is 17.7 Å². The van der Waals surface area contributed by atoms with Gasteiger partial charge in [-0.15, -0.1) is 0 Å². The van der Waals surface area contributed by atoms with Crippen molar-refractivity contribution in [3.63, 3.8) is 0 Å². The first-order valence-electron chi connectivity index (χ1n) is 6.84. The quantitative estimate of drug-likeness (QED) is 0.712. The van der Waals surface area contributed by atoms with Crippen LogP contribution in [0, 0.1) is 0 Å². The number of carbonyl (C=O) groups excluding carboxylic acids is 1. The number of rotatable bonds is 7. The fourth-order valence-corrected chi connectivity index (χ4v) is 2.01. The van der Waals surface area contributed by atoms with Crippen LogP contribution in [0.4, 0.5) is 4.79 Å². The van der Waals surface area contributed by atoms with Gasteiger partial charge in [0.15, 0.2) is 0 Å². The largest absolute Gasteiger partial charge is 0.394 e. The summed E-state index contributed by atoms with van der Waals surface area (Å²) in [7, 11) is 1.71. The second-order valence-electron chi connectivity index (χ2n) is 5.44. The molecule has 1 fully saturated rings. The Balaban J connectivity index is 2.25.